The first-order chi connectivity index (χ1) is 14.2. The van der Waals surface area contributed by atoms with E-state index in [0.717, 1.165) is 39.2 Å². The summed E-state index contributed by atoms with van der Waals surface area (Å²) in [5.41, 5.74) is 4.13. The third-order valence-corrected chi connectivity index (χ3v) is 5.59. The average Bonchev–Trinajstić information content (AvgIpc) is 3.38. The van der Waals surface area contributed by atoms with Gasteiger partial charge in [0.2, 0.25) is 0 Å². The van der Waals surface area contributed by atoms with E-state index in [0.29, 0.717) is 19.0 Å². The van der Waals surface area contributed by atoms with Gasteiger partial charge in [-0.2, -0.15) is 0 Å². The zero-order valence-corrected chi connectivity index (χ0v) is 16.9. The Kier molecular flexibility index (Phi) is 5.86. The summed E-state index contributed by atoms with van der Waals surface area (Å²) in [6, 6.07) is 15.0. The first-order valence-electron chi connectivity index (χ1n) is 9.43. The smallest absolute Gasteiger partial charge is 0.191 e. The summed E-state index contributed by atoms with van der Waals surface area (Å²) in [6.07, 6.45) is 2.70. The van der Waals surface area contributed by atoms with Crippen molar-refractivity contribution < 1.29 is 4.39 Å². The first-order valence-corrected chi connectivity index (χ1v) is 10.3. The maximum atomic E-state index is 13.5. The highest BCUT2D eigenvalue weighted by atomic mass is 32.1. The summed E-state index contributed by atoms with van der Waals surface area (Å²) in [4.78, 5) is 12.1. The van der Waals surface area contributed by atoms with Gasteiger partial charge in [-0.3, -0.25) is 4.99 Å². The molecule has 0 atom stereocenters. The monoisotopic (exact) mass is 407 g/mol. The van der Waals surface area contributed by atoms with Crippen molar-refractivity contribution in [2.24, 2.45) is 4.99 Å². The van der Waals surface area contributed by atoms with Crippen LogP contribution in [0, 0.1) is 5.82 Å². The summed E-state index contributed by atoms with van der Waals surface area (Å²) in [6.45, 7) is 1.29. The van der Waals surface area contributed by atoms with Crippen molar-refractivity contribution >= 4 is 28.2 Å². The molecule has 2 heterocycles. The number of thiazole rings is 1. The van der Waals surface area contributed by atoms with Gasteiger partial charge in [0.1, 0.15) is 10.8 Å². The van der Waals surface area contributed by atoms with Crippen LogP contribution < -0.4 is 10.6 Å². The Bertz CT molecular complexity index is 1120. The van der Waals surface area contributed by atoms with Gasteiger partial charge in [0.15, 0.2) is 5.96 Å². The molecule has 0 spiro atoms. The van der Waals surface area contributed by atoms with Crippen molar-refractivity contribution in [1.82, 2.24) is 20.6 Å². The maximum Gasteiger partial charge on any atom is 0.191 e. The van der Waals surface area contributed by atoms with Crippen LogP contribution in [0.15, 0.2) is 65.1 Å². The fourth-order valence-electron chi connectivity index (χ4n) is 3.17. The Morgan fingerprint density at radius 3 is 2.86 bits per heavy atom. The van der Waals surface area contributed by atoms with E-state index >= 15 is 0 Å². The Morgan fingerprint density at radius 1 is 1.17 bits per heavy atom. The standard InChI is InChI=1S/C22H22FN5S/c1-24-22(25-10-9-16-12-26-20-8-7-17(23)11-19(16)20)27-13-18-14-29-21(28-18)15-5-3-2-4-6-15/h2-8,11-12,14,26H,9-10,13H2,1H3,(H2,24,25,27). The number of aromatic amines is 1. The van der Waals surface area contributed by atoms with Crippen molar-refractivity contribution in [3.05, 3.63) is 77.2 Å². The van der Waals surface area contributed by atoms with Crippen LogP contribution in [0.1, 0.15) is 11.3 Å². The molecule has 2 aromatic heterocycles. The molecule has 0 saturated heterocycles. The van der Waals surface area contributed by atoms with E-state index in [2.05, 4.69) is 43.1 Å². The lowest BCUT2D eigenvalue weighted by molar-refractivity contribution is 0.629. The number of benzene rings is 2. The van der Waals surface area contributed by atoms with Crippen molar-refractivity contribution in [2.75, 3.05) is 13.6 Å². The van der Waals surface area contributed by atoms with Crippen LogP contribution in [0.5, 0.6) is 0 Å². The summed E-state index contributed by atoms with van der Waals surface area (Å²) in [5, 5.41) is 10.6. The van der Waals surface area contributed by atoms with E-state index in [1.807, 2.05) is 24.4 Å². The number of halogens is 1. The number of hydrogen-bond donors (Lipinski definition) is 3. The van der Waals surface area contributed by atoms with Gasteiger partial charge in [-0.15, -0.1) is 11.3 Å². The minimum Gasteiger partial charge on any atom is -0.361 e. The molecular weight excluding hydrogens is 385 g/mol. The molecular formula is C22H22FN5S. The number of nitrogens with one attached hydrogen (secondary N) is 3. The van der Waals surface area contributed by atoms with Gasteiger partial charge in [-0.05, 0) is 30.2 Å². The molecule has 4 aromatic rings. The molecule has 0 amide bonds. The predicted octanol–water partition coefficient (Wildman–Crippen LogP) is 4.34. The lowest BCUT2D eigenvalue weighted by atomic mass is 10.1. The van der Waals surface area contributed by atoms with Crippen LogP contribution in [0.4, 0.5) is 4.39 Å². The molecule has 7 heteroatoms. The molecule has 2 aromatic carbocycles. The van der Waals surface area contributed by atoms with Crippen LogP contribution in [0.25, 0.3) is 21.5 Å². The Hall–Kier alpha value is -3.19. The number of hydrogen-bond acceptors (Lipinski definition) is 3. The third kappa shape index (κ3) is 4.63. The minimum absolute atomic E-state index is 0.220. The van der Waals surface area contributed by atoms with Gasteiger partial charge in [-0.1, -0.05) is 30.3 Å². The zero-order chi connectivity index (χ0) is 20.1. The lowest BCUT2D eigenvalue weighted by Gasteiger charge is -2.10. The number of fused-ring (bicyclic) bond motifs is 1. The van der Waals surface area contributed by atoms with Crippen LogP contribution >= 0.6 is 11.3 Å². The van der Waals surface area contributed by atoms with Crippen molar-refractivity contribution in [3.8, 4) is 10.6 Å². The number of aromatic nitrogens is 2. The highest BCUT2D eigenvalue weighted by molar-refractivity contribution is 7.13. The minimum atomic E-state index is -0.220. The number of aliphatic imine (C=N–C) groups is 1. The molecule has 29 heavy (non-hydrogen) atoms. The van der Waals surface area contributed by atoms with E-state index in [1.165, 1.54) is 6.07 Å². The molecule has 3 N–H and O–H groups in total. The summed E-state index contributed by atoms with van der Waals surface area (Å²) in [5.74, 6) is 0.493. The Balaban J connectivity index is 1.30. The zero-order valence-electron chi connectivity index (χ0n) is 16.1. The normalized spacial score (nSPS) is 11.7. The molecule has 0 saturated carbocycles. The molecule has 4 rings (SSSR count). The van der Waals surface area contributed by atoms with Crippen molar-refractivity contribution in [3.63, 3.8) is 0 Å². The van der Waals surface area contributed by atoms with Gasteiger partial charge in [0.05, 0.1) is 12.2 Å². The second kappa shape index (κ2) is 8.87. The highest BCUT2D eigenvalue weighted by Crippen LogP contribution is 2.23. The number of nitrogens with zero attached hydrogens (tertiary/aromatic N) is 2. The molecule has 0 aliphatic heterocycles. The fraction of sp³-hybridized carbons (Fsp3) is 0.182. The van der Waals surface area contributed by atoms with E-state index < -0.39 is 0 Å². The SMILES string of the molecule is CN=C(NCCc1c[nH]c2ccc(F)cc12)NCc1csc(-c2ccccc2)n1. The Morgan fingerprint density at radius 2 is 2.03 bits per heavy atom. The second-order valence-electron chi connectivity index (χ2n) is 6.62. The average molecular weight is 408 g/mol. The maximum absolute atomic E-state index is 13.5. The number of guanidine groups is 1. The molecule has 0 fully saturated rings. The van der Waals surface area contributed by atoms with Gasteiger partial charge in [0, 0.05) is 41.6 Å². The molecule has 0 radical (unpaired) electrons. The third-order valence-electron chi connectivity index (χ3n) is 4.65. The van der Waals surface area contributed by atoms with Crippen LogP contribution in [0.3, 0.4) is 0 Å². The highest BCUT2D eigenvalue weighted by Gasteiger charge is 2.07. The fourth-order valence-corrected chi connectivity index (χ4v) is 4.00. The van der Waals surface area contributed by atoms with Crippen molar-refractivity contribution in [1.29, 1.82) is 0 Å². The van der Waals surface area contributed by atoms with Crippen LogP contribution in [-0.4, -0.2) is 29.5 Å². The molecule has 148 valence electrons. The second-order valence-corrected chi connectivity index (χ2v) is 7.47. The van der Waals surface area contributed by atoms with E-state index in [9.17, 15) is 4.39 Å². The molecule has 0 bridgehead atoms. The summed E-state index contributed by atoms with van der Waals surface area (Å²) < 4.78 is 13.5. The van der Waals surface area contributed by atoms with Gasteiger partial charge >= 0.3 is 0 Å². The van der Waals surface area contributed by atoms with E-state index in [4.69, 9.17) is 0 Å². The topological polar surface area (TPSA) is 65.1 Å². The molecule has 0 aliphatic carbocycles. The van der Waals surface area contributed by atoms with Crippen molar-refractivity contribution in [2.45, 2.75) is 13.0 Å². The number of rotatable bonds is 6. The quantitative estimate of drug-likeness (QED) is 0.329. The predicted molar refractivity (Wildman–Crippen MR) is 118 cm³/mol. The molecule has 5 nitrogen and oxygen atoms in total. The summed E-state index contributed by atoms with van der Waals surface area (Å²) >= 11 is 1.63. The first kappa shape index (κ1) is 19.1. The number of H-pyrrole nitrogens is 1. The van der Waals surface area contributed by atoms with Gasteiger partial charge in [-0.25, -0.2) is 9.37 Å². The largest absolute Gasteiger partial charge is 0.361 e. The van der Waals surface area contributed by atoms with E-state index in [1.54, 1.807) is 30.5 Å². The van der Waals surface area contributed by atoms with Crippen LogP contribution in [0.2, 0.25) is 0 Å². The van der Waals surface area contributed by atoms with Gasteiger partial charge < -0.3 is 15.6 Å². The Labute approximate surface area is 172 Å². The lowest BCUT2D eigenvalue weighted by Crippen LogP contribution is -2.37. The van der Waals surface area contributed by atoms with Crippen LogP contribution in [-0.2, 0) is 13.0 Å². The van der Waals surface area contributed by atoms with E-state index in [-0.39, 0.29) is 5.82 Å². The molecule has 0 aliphatic rings. The van der Waals surface area contributed by atoms with Gasteiger partial charge in [0.25, 0.3) is 0 Å². The molecule has 0 unspecified atom stereocenters. The summed E-state index contributed by atoms with van der Waals surface area (Å²) in [7, 11) is 1.74.